The number of fused-ring (bicyclic) bond motifs is 2. The zero-order chi connectivity index (χ0) is 19.0. The van der Waals surface area contributed by atoms with Crippen LogP contribution in [0.25, 0.3) is 33.4 Å². The normalized spacial score (nSPS) is 10.9. The molecular weight excluding hydrogens is 346 g/mol. The van der Waals surface area contributed by atoms with Crippen molar-refractivity contribution in [1.82, 2.24) is 0 Å². The zero-order valence-corrected chi connectivity index (χ0v) is 14.3. The maximum Gasteiger partial charge on any atom is 0.338 e. The molecule has 2 aromatic carbocycles. The van der Waals surface area contributed by atoms with Gasteiger partial charge in [-0.05, 0) is 41.1 Å². The minimum Gasteiger partial charge on any atom is -0.465 e. The molecule has 0 amide bonds. The van der Waals surface area contributed by atoms with E-state index in [1.807, 2.05) is 6.07 Å². The fraction of sp³-hybridized carbons (Fsp3) is 0.0476. The number of nitrogens with zero attached hydrogens (tertiary/aromatic N) is 1. The standard InChI is InChI=1S/C21H13NO5/c1-26-21(24)15-5-3-2-4-14(15)20-16-8-6-12(22-25)10-18(16)27-19-11-13(23)7-9-17(19)20/h2-11H,1H3. The Labute approximate surface area is 153 Å². The Morgan fingerprint density at radius 1 is 1.00 bits per heavy atom. The quantitative estimate of drug-likeness (QED) is 0.299. The lowest BCUT2D eigenvalue weighted by Crippen LogP contribution is -2.05. The Balaban J connectivity index is 2.18. The van der Waals surface area contributed by atoms with E-state index in [-0.39, 0.29) is 11.1 Å². The number of esters is 1. The van der Waals surface area contributed by atoms with Crippen LogP contribution < -0.4 is 5.43 Å². The monoisotopic (exact) mass is 359 g/mol. The van der Waals surface area contributed by atoms with E-state index < -0.39 is 5.97 Å². The van der Waals surface area contributed by atoms with Gasteiger partial charge in [0.05, 0.1) is 12.7 Å². The predicted molar refractivity (Wildman–Crippen MR) is 101 cm³/mol. The first-order chi connectivity index (χ1) is 13.1. The third-order valence-electron chi connectivity index (χ3n) is 4.38. The summed E-state index contributed by atoms with van der Waals surface area (Å²) in [6, 6.07) is 16.3. The number of hydrogen-bond acceptors (Lipinski definition) is 6. The molecule has 0 N–H and O–H groups in total. The molecule has 1 aliphatic heterocycles. The number of carbonyl (C=O) groups excluding carboxylic acids is 1. The topological polar surface area (TPSA) is 85.9 Å². The lowest BCUT2D eigenvalue weighted by Gasteiger charge is -2.17. The van der Waals surface area contributed by atoms with Crippen molar-refractivity contribution in [1.29, 1.82) is 0 Å². The Bertz CT molecular complexity index is 1220. The van der Waals surface area contributed by atoms with Gasteiger partial charge in [0.2, 0.25) is 0 Å². The Hall–Kier alpha value is -3.80. The Kier molecular flexibility index (Phi) is 4.01. The summed E-state index contributed by atoms with van der Waals surface area (Å²) in [7, 11) is 1.32. The second-order valence-corrected chi connectivity index (χ2v) is 5.94. The fourth-order valence-electron chi connectivity index (χ4n) is 3.20. The highest BCUT2D eigenvalue weighted by atomic mass is 16.5. The fourth-order valence-corrected chi connectivity index (χ4v) is 3.20. The van der Waals surface area contributed by atoms with Crippen molar-refractivity contribution in [3.05, 3.63) is 81.4 Å². The van der Waals surface area contributed by atoms with Crippen molar-refractivity contribution >= 4 is 22.6 Å². The van der Waals surface area contributed by atoms with Crippen molar-refractivity contribution in [2.24, 2.45) is 5.18 Å². The molecule has 0 bridgehead atoms. The largest absolute Gasteiger partial charge is 0.465 e. The first-order valence-corrected chi connectivity index (χ1v) is 8.14. The Morgan fingerprint density at radius 3 is 2.59 bits per heavy atom. The molecule has 0 aromatic heterocycles. The second kappa shape index (κ2) is 6.49. The van der Waals surface area contributed by atoms with Crippen LogP contribution in [0.2, 0.25) is 0 Å². The van der Waals surface area contributed by atoms with Crippen molar-refractivity contribution < 1.29 is 13.9 Å². The van der Waals surface area contributed by atoms with Crippen LogP contribution in [0.5, 0.6) is 0 Å². The molecule has 0 saturated carbocycles. The molecule has 0 saturated heterocycles. The predicted octanol–water partition coefficient (Wildman–Crippen LogP) is 4.75. The number of rotatable bonds is 3. The van der Waals surface area contributed by atoms with Crippen LogP contribution in [0, 0.1) is 4.91 Å². The van der Waals surface area contributed by atoms with Crippen LogP contribution in [-0.4, -0.2) is 13.1 Å². The minimum absolute atomic E-state index is 0.205. The van der Waals surface area contributed by atoms with E-state index in [0.29, 0.717) is 39.0 Å². The van der Waals surface area contributed by atoms with Crippen molar-refractivity contribution in [3.8, 4) is 22.5 Å². The van der Waals surface area contributed by atoms with Gasteiger partial charge < -0.3 is 9.15 Å². The molecular formula is C21H13NO5. The van der Waals surface area contributed by atoms with E-state index >= 15 is 0 Å². The molecule has 2 aromatic rings. The Morgan fingerprint density at radius 2 is 1.81 bits per heavy atom. The van der Waals surface area contributed by atoms with Crippen molar-refractivity contribution in [3.63, 3.8) is 0 Å². The molecule has 1 aliphatic carbocycles. The minimum atomic E-state index is -0.473. The lowest BCUT2D eigenvalue weighted by atomic mass is 9.91. The first kappa shape index (κ1) is 16.7. The molecule has 1 heterocycles. The molecule has 2 aliphatic rings. The molecule has 6 heteroatoms. The van der Waals surface area contributed by atoms with Crippen LogP contribution in [0.1, 0.15) is 10.4 Å². The number of nitroso groups, excluding NO2 is 1. The third kappa shape index (κ3) is 2.77. The van der Waals surface area contributed by atoms with Crippen molar-refractivity contribution in [2.75, 3.05) is 7.11 Å². The number of carbonyl (C=O) groups is 1. The maximum absolute atomic E-state index is 12.3. The SMILES string of the molecule is COC(=O)c1ccccc1-c1c2ccc(=O)cc-2oc2cc(N=O)ccc12. The summed E-state index contributed by atoms with van der Waals surface area (Å²) < 4.78 is 10.8. The smallest absolute Gasteiger partial charge is 0.338 e. The van der Waals surface area contributed by atoms with Gasteiger partial charge in [0, 0.05) is 28.6 Å². The van der Waals surface area contributed by atoms with E-state index in [1.165, 1.54) is 25.3 Å². The van der Waals surface area contributed by atoms with Gasteiger partial charge in [-0.15, -0.1) is 4.91 Å². The highest BCUT2D eigenvalue weighted by molar-refractivity contribution is 6.08. The van der Waals surface area contributed by atoms with E-state index in [0.717, 1.165) is 0 Å². The van der Waals surface area contributed by atoms with Gasteiger partial charge in [-0.1, -0.05) is 18.2 Å². The number of ether oxygens (including phenoxy) is 1. The molecule has 0 spiro atoms. The van der Waals surface area contributed by atoms with Crippen LogP contribution in [-0.2, 0) is 4.74 Å². The number of methoxy groups -OCH3 is 1. The first-order valence-electron chi connectivity index (χ1n) is 8.14. The van der Waals surface area contributed by atoms with Crippen molar-refractivity contribution in [2.45, 2.75) is 0 Å². The van der Waals surface area contributed by atoms with E-state index in [1.54, 1.807) is 36.4 Å². The van der Waals surface area contributed by atoms with Crippen LogP contribution >= 0.6 is 0 Å². The molecule has 0 atom stereocenters. The average Bonchev–Trinajstić information content (AvgIpc) is 2.70. The third-order valence-corrected chi connectivity index (χ3v) is 4.38. The summed E-state index contributed by atoms with van der Waals surface area (Å²) >= 11 is 0. The molecule has 0 fully saturated rings. The van der Waals surface area contributed by atoms with Gasteiger partial charge in [0.25, 0.3) is 0 Å². The summed E-state index contributed by atoms with van der Waals surface area (Å²) in [5.41, 5.74) is 2.80. The summed E-state index contributed by atoms with van der Waals surface area (Å²) in [6.07, 6.45) is 0. The van der Waals surface area contributed by atoms with Gasteiger partial charge in [-0.2, -0.15) is 0 Å². The average molecular weight is 359 g/mol. The molecule has 132 valence electrons. The molecule has 0 radical (unpaired) electrons. The summed E-state index contributed by atoms with van der Waals surface area (Å²) in [5.74, 6) is -0.118. The van der Waals surface area contributed by atoms with Gasteiger partial charge in [-0.3, -0.25) is 4.79 Å². The summed E-state index contributed by atoms with van der Waals surface area (Å²) in [5, 5.41) is 3.62. The van der Waals surface area contributed by atoms with E-state index in [2.05, 4.69) is 5.18 Å². The lowest BCUT2D eigenvalue weighted by molar-refractivity contribution is 0.0601. The van der Waals surface area contributed by atoms with Gasteiger partial charge >= 0.3 is 5.97 Å². The molecule has 0 unspecified atom stereocenters. The van der Waals surface area contributed by atoms with E-state index in [4.69, 9.17) is 9.15 Å². The number of benzene rings is 3. The molecule has 27 heavy (non-hydrogen) atoms. The second-order valence-electron chi connectivity index (χ2n) is 5.94. The van der Waals surface area contributed by atoms with Gasteiger partial charge in [0.1, 0.15) is 17.0 Å². The van der Waals surface area contributed by atoms with Gasteiger partial charge in [-0.25, -0.2) is 4.79 Å². The molecule has 4 rings (SSSR count). The summed E-state index contributed by atoms with van der Waals surface area (Å²) in [4.78, 5) is 35.0. The molecule has 6 nitrogen and oxygen atoms in total. The van der Waals surface area contributed by atoms with Crippen LogP contribution in [0.4, 0.5) is 5.69 Å². The van der Waals surface area contributed by atoms with E-state index in [9.17, 15) is 14.5 Å². The maximum atomic E-state index is 12.3. The van der Waals surface area contributed by atoms with Gasteiger partial charge in [0.15, 0.2) is 5.43 Å². The zero-order valence-electron chi connectivity index (χ0n) is 14.3. The van der Waals surface area contributed by atoms with Crippen LogP contribution in [0.3, 0.4) is 0 Å². The highest BCUT2D eigenvalue weighted by Crippen LogP contribution is 2.41. The highest BCUT2D eigenvalue weighted by Gasteiger charge is 2.21. The van der Waals surface area contributed by atoms with Crippen LogP contribution in [0.15, 0.2) is 75.1 Å². The summed E-state index contributed by atoms with van der Waals surface area (Å²) in [6.45, 7) is 0. The number of hydrogen-bond donors (Lipinski definition) is 0.